The second kappa shape index (κ2) is 8.45. The van der Waals surface area contributed by atoms with E-state index in [1.54, 1.807) is 12.7 Å². The quantitative estimate of drug-likeness (QED) is 0.594. The van der Waals surface area contributed by atoms with Gasteiger partial charge in [-0.15, -0.1) is 0 Å². The molecule has 3 aromatic rings. The van der Waals surface area contributed by atoms with Crippen molar-refractivity contribution in [1.82, 2.24) is 19.5 Å². The molecule has 3 aliphatic rings. The molecule has 0 unspecified atom stereocenters. The zero-order chi connectivity index (χ0) is 23.3. The summed E-state index contributed by atoms with van der Waals surface area (Å²) in [6, 6.07) is 8.74. The summed E-state index contributed by atoms with van der Waals surface area (Å²) in [4.78, 5) is 13.7. The van der Waals surface area contributed by atoms with Crippen molar-refractivity contribution in [3.63, 3.8) is 0 Å². The number of nitrogens with one attached hydrogen (secondary N) is 1. The molecule has 34 heavy (non-hydrogen) atoms. The Balaban J connectivity index is 1.31. The van der Waals surface area contributed by atoms with E-state index in [4.69, 9.17) is 14.2 Å². The van der Waals surface area contributed by atoms with Gasteiger partial charge in [-0.05, 0) is 44.7 Å². The molecule has 0 bridgehead atoms. The number of imidazole rings is 1. The van der Waals surface area contributed by atoms with Crippen molar-refractivity contribution in [3.8, 4) is 0 Å². The molecule has 0 radical (unpaired) electrons. The molecule has 2 saturated heterocycles. The number of hydrogen-bond acceptors (Lipinski definition) is 7. The first-order chi connectivity index (χ1) is 16.5. The molecule has 0 spiro atoms. The third kappa shape index (κ3) is 3.89. The Hall–Kier alpha value is -2.81. The van der Waals surface area contributed by atoms with Crippen LogP contribution >= 0.6 is 0 Å². The summed E-state index contributed by atoms with van der Waals surface area (Å²) in [5.41, 5.74) is 3.86. The Morgan fingerprint density at radius 3 is 2.68 bits per heavy atom. The van der Waals surface area contributed by atoms with Gasteiger partial charge in [-0.25, -0.2) is 15.0 Å². The predicted molar refractivity (Wildman–Crippen MR) is 129 cm³/mol. The lowest BCUT2D eigenvalue weighted by Gasteiger charge is -2.24. The van der Waals surface area contributed by atoms with E-state index in [1.807, 2.05) is 30.5 Å². The van der Waals surface area contributed by atoms with E-state index in [0.717, 1.165) is 35.4 Å². The van der Waals surface area contributed by atoms with Gasteiger partial charge in [0.1, 0.15) is 24.6 Å². The number of benzene rings is 1. The molecular formula is C26H31N5O3. The average molecular weight is 462 g/mol. The molecular weight excluding hydrogens is 430 g/mol. The molecule has 4 atom stereocenters. The predicted octanol–water partition coefficient (Wildman–Crippen LogP) is 4.62. The van der Waals surface area contributed by atoms with Crippen molar-refractivity contribution >= 4 is 23.1 Å². The maximum Gasteiger partial charge on any atom is 0.167 e. The monoisotopic (exact) mass is 461 g/mol. The van der Waals surface area contributed by atoms with Crippen LogP contribution in [-0.2, 0) is 14.2 Å². The molecule has 1 N–H and O–H groups in total. The minimum Gasteiger partial charge on any atom is -0.365 e. The summed E-state index contributed by atoms with van der Waals surface area (Å²) in [5, 5.41) is 3.56. The Morgan fingerprint density at radius 2 is 1.85 bits per heavy atom. The van der Waals surface area contributed by atoms with Crippen LogP contribution in [0.1, 0.15) is 56.9 Å². The van der Waals surface area contributed by atoms with Crippen molar-refractivity contribution in [2.75, 3.05) is 5.32 Å². The van der Waals surface area contributed by atoms with Crippen LogP contribution in [-0.4, -0.2) is 49.7 Å². The standard InChI is InChI=1S/C26H31N5O3/c1-16-8-4-5-9-17(16)12-13-19-21-22(34-26(2,3)33-21)25(32-19)31-15-29-20-23(27-14-28-24(20)31)30-18-10-6-7-11-18/h4-5,8-9,12-15,18-19,21-22,25H,6-7,10-11H2,1-3H3,(H,27,28,30)/t19-,21-,22-,25-/m1/s1. The lowest BCUT2D eigenvalue weighted by molar-refractivity contribution is -0.191. The van der Waals surface area contributed by atoms with Crippen LogP contribution in [0.5, 0.6) is 0 Å². The van der Waals surface area contributed by atoms with Crippen molar-refractivity contribution in [2.45, 2.75) is 82.8 Å². The van der Waals surface area contributed by atoms with Crippen LogP contribution in [0.4, 0.5) is 5.82 Å². The van der Waals surface area contributed by atoms with Crippen molar-refractivity contribution < 1.29 is 14.2 Å². The zero-order valence-electron chi connectivity index (χ0n) is 19.8. The normalized spacial score (nSPS) is 28.8. The second-order valence-corrected chi connectivity index (χ2v) is 9.94. The average Bonchev–Trinajstić information content (AvgIpc) is 3.58. The zero-order valence-corrected chi connectivity index (χ0v) is 19.8. The van der Waals surface area contributed by atoms with Crippen LogP contribution in [0.3, 0.4) is 0 Å². The van der Waals surface area contributed by atoms with Gasteiger partial charge < -0.3 is 19.5 Å². The number of nitrogens with zero attached hydrogens (tertiary/aromatic N) is 4. The van der Waals surface area contributed by atoms with Crippen LogP contribution in [0, 0.1) is 6.92 Å². The van der Waals surface area contributed by atoms with E-state index in [0.29, 0.717) is 6.04 Å². The van der Waals surface area contributed by atoms with Gasteiger partial charge in [0.2, 0.25) is 0 Å². The molecule has 178 valence electrons. The van der Waals surface area contributed by atoms with Crippen molar-refractivity contribution in [2.24, 2.45) is 0 Å². The van der Waals surface area contributed by atoms with Gasteiger partial charge in [-0.1, -0.05) is 49.3 Å². The number of fused-ring (bicyclic) bond motifs is 2. The first kappa shape index (κ1) is 21.7. The summed E-state index contributed by atoms with van der Waals surface area (Å²) in [6.45, 7) is 6.00. The van der Waals surface area contributed by atoms with E-state index in [-0.39, 0.29) is 18.3 Å². The van der Waals surface area contributed by atoms with E-state index in [1.165, 1.54) is 18.4 Å². The molecule has 1 aromatic carbocycles. The molecule has 1 aliphatic carbocycles. The molecule has 8 nitrogen and oxygen atoms in total. The van der Waals surface area contributed by atoms with Crippen molar-refractivity contribution in [3.05, 3.63) is 54.1 Å². The maximum absolute atomic E-state index is 6.51. The molecule has 2 aliphatic heterocycles. The van der Waals surface area contributed by atoms with E-state index in [9.17, 15) is 0 Å². The molecule has 8 heteroatoms. The minimum atomic E-state index is -0.688. The second-order valence-electron chi connectivity index (χ2n) is 9.94. The smallest absolute Gasteiger partial charge is 0.167 e. The highest BCUT2D eigenvalue weighted by molar-refractivity contribution is 5.82. The van der Waals surface area contributed by atoms with Gasteiger partial charge in [0.05, 0.1) is 6.33 Å². The van der Waals surface area contributed by atoms with E-state index in [2.05, 4.69) is 51.5 Å². The molecule has 2 aromatic heterocycles. The summed E-state index contributed by atoms with van der Waals surface area (Å²) in [6.07, 6.45) is 11.2. The van der Waals surface area contributed by atoms with Gasteiger partial charge in [0.25, 0.3) is 0 Å². The topological polar surface area (TPSA) is 83.3 Å². The molecule has 4 heterocycles. The first-order valence-corrected chi connectivity index (χ1v) is 12.2. The van der Waals surface area contributed by atoms with Crippen LogP contribution < -0.4 is 5.32 Å². The van der Waals surface area contributed by atoms with Crippen LogP contribution in [0.2, 0.25) is 0 Å². The number of aromatic nitrogens is 4. The van der Waals surface area contributed by atoms with E-state index >= 15 is 0 Å². The lowest BCUT2D eigenvalue weighted by atomic mass is 10.1. The number of rotatable bonds is 5. The fraction of sp³-hybridized carbons (Fsp3) is 0.500. The molecule has 6 rings (SSSR count). The summed E-state index contributed by atoms with van der Waals surface area (Å²) in [5.74, 6) is 0.0947. The molecule has 3 fully saturated rings. The summed E-state index contributed by atoms with van der Waals surface area (Å²) >= 11 is 0. The SMILES string of the molecule is Cc1ccccc1C=C[C@H]1O[C@@H](n2cnc3c(NC4CCCC4)ncnc32)[C@@H]2OC(C)(C)O[C@@H]21. The number of hydrogen-bond donors (Lipinski definition) is 1. The van der Waals surface area contributed by atoms with Crippen LogP contribution in [0.25, 0.3) is 17.2 Å². The summed E-state index contributed by atoms with van der Waals surface area (Å²) in [7, 11) is 0. The Kier molecular flexibility index (Phi) is 5.39. The molecule has 0 amide bonds. The van der Waals surface area contributed by atoms with Gasteiger partial charge in [-0.3, -0.25) is 4.57 Å². The largest absolute Gasteiger partial charge is 0.365 e. The number of aryl methyl sites for hydroxylation is 1. The highest BCUT2D eigenvalue weighted by Crippen LogP contribution is 2.44. The van der Waals surface area contributed by atoms with Crippen LogP contribution in [0.15, 0.2) is 43.0 Å². The van der Waals surface area contributed by atoms with Gasteiger partial charge in [0.15, 0.2) is 29.0 Å². The fourth-order valence-corrected chi connectivity index (χ4v) is 5.37. The Bertz CT molecular complexity index is 1220. The maximum atomic E-state index is 6.51. The third-order valence-electron chi connectivity index (χ3n) is 7.05. The minimum absolute atomic E-state index is 0.226. The lowest BCUT2D eigenvalue weighted by Crippen LogP contribution is -2.28. The third-order valence-corrected chi connectivity index (χ3v) is 7.05. The highest BCUT2D eigenvalue weighted by atomic mass is 16.8. The number of anilines is 1. The van der Waals surface area contributed by atoms with Gasteiger partial charge in [0, 0.05) is 6.04 Å². The fourth-order valence-electron chi connectivity index (χ4n) is 5.37. The highest BCUT2D eigenvalue weighted by Gasteiger charge is 2.55. The van der Waals surface area contributed by atoms with Gasteiger partial charge >= 0.3 is 0 Å². The number of ether oxygens (including phenoxy) is 3. The Morgan fingerprint density at radius 1 is 1.06 bits per heavy atom. The molecule has 1 saturated carbocycles. The first-order valence-electron chi connectivity index (χ1n) is 12.2. The Labute approximate surface area is 199 Å². The van der Waals surface area contributed by atoms with Crippen molar-refractivity contribution in [1.29, 1.82) is 0 Å². The van der Waals surface area contributed by atoms with E-state index < -0.39 is 12.0 Å². The summed E-state index contributed by atoms with van der Waals surface area (Å²) < 4.78 is 21.1. The van der Waals surface area contributed by atoms with Gasteiger partial charge in [-0.2, -0.15) is 0 Å².